The first-order valence-electron chi connectivity index (χ1n) is 13.1. The third-order valence-corrected chi connectivity index (χ3v) is 7.32. The van der Waals surface area contributed by atoms with Crippen LogP contribution in [0.1, 0.15) is 48.6 Å². The fourth-order valence-corrected chi connectivity index (χ4v) is 4.95. The van der Waals surface area contributed by atoms with Gasteiger partial charge in [-0.15, -0.1) is 0 Å². The lowest BCUT2D eigenvalue weighted by Crippen LogP contribution is -2.41. The maximum Gasteiger partial charge on any atom is 0.232 e. The largest absolute Gasteiger partial charge is 0.493 e. The first kappa shape index (κ1) is 26.6. The zero-order valence-electron chi connectivity index (χ0n) is 22.4. The van der Waals surface area contributed by atoms with Crippen LogP contribution in [0.3, 0.4) is 0 Å². The highest BCUT2D eigenvalue weighted by atomic mass is 35.5. The van der Waals surface area contributed by atoms with E-state index in [1.54, 1.807) is 19.5 Å². The van der Waals surface area contributed by atoms with Gasteiger partial charge in [0.15, 0.2) is 11.5 Å². The quantitative estimate of drug-likeness (QED) is 0.242. The van der Waals surface area contributed by atoms with Gasteiger partial charge in [0, 0.05) is 35.3 Å². The molecule has 1 aromatic heterocycles. The Morgan fingerprint density at radius 3 is 2.41 bits per heavy atom. The molecule has 2 atom stereocenters. The van der Waals surface area contributed by atoms with E-state index >= 15 is 0 Å². The molecule has 2 heterocycles. The minimum atomic E-state index is -0.348. The van der Waals surface area contributed by atoms with Crippen LogP contribution >= 0.6 is 11.6 Å². The number of rotatable bonds is 9. The van der Waals surface area contributed by atoms with Crippen molar-refractivity contribution in [1.82, 2.24) is 4.98 Å². The number of pyridine rings is 1. The van der Waals surface area contributed by atoms with Gasteiger partial charge in [0.1, 0.15) is 0 Å². The molecule has 200 valence electrons. The molecule has 4 aromatic rings. The maximum atomic E-state index is 13.7. The first-order valence-corrected chi connectivity index (χ1v) is 13.5. The van der Waals surface area contributed by atoms with E-state index in [9.17, 15) is 4.79 Å². The maximum absolute atomic E-state index is 13.7. The van der Waals surface area contributed by atoms with Crippen LogP contribution in [-0.4, -0.2) is 24.1 Å². The van der Waals surface area contributed by atoms with Crippen LogP contribution in [0.15, 0.2) is 85.2 Å². The normalized spacial score (nSPS) is 15.4. The summed E-state index contributed by atoms with van der Waals surface area (Å²) in [5, 5.41) is 4.08. The molecule has 0 radical (unpaired) electrons. The second-order valence-electron chi connectivity index (χ2n) is 9.69. The van der Waals surface area contributed by atoms with Gasteiger partial charge in [-0.05, 0) is 96.3 Å². The smallest absolute Gasteiger partial charge is 0.232 e. The van der Waals surface area contributed by atoms with Gasteiger partial charge in [0.25, 0.3) is 0 Å². The predicted molar refractivity (Wildman–Crippen MR) is 156 cm³/mol. The molecule has 0 saturated heterocycles. The molecule has 7 heteroatoms. The summed E-state index contributed by atoms with van der Waals surface area (Å²) in [4.78, 5) is 19.7. The molecule has 1 N–H and O–H groups in total. The fraction of sp³-hybridized carbons (Fsp3) is 0.250. The van der Waals surface area contributed by atoms with Gasteiger partial charge in [-0.2, -0.15) is 0 Å². The van der Waals surface area contributed by atoms with Crippen molar-refractivity contribution in [1.29, 1.82) is 0 Å². The number of amides is 1. The van der Waals surface area contributed by atoms with Gasteiger partial charge in [0.05, 0.1) is 25.7 Å². The van der Waals surface area contributed by atoms with E-state index in [0.717, 1.165) is 40.0 Å². The number of hydrogen-bond donors (Lipinski definition) is 1. The van der Waals surface area contributed by atoms with Crippen molar-refractivity contribution in [2.75, 3.05) is 17.3 Å². The van der Waals surface area contributed by atoms with Crippen LogP contribution in [0, 0.1) is 0 Å². The lowest BCUT2D eigenvalue weighted by Gasteiger charge is -2.38. The van der Waals surface area contributed by atoms with Crippen molar-refractivity contribution in [3.05, 3.63) is 112 Å². The molecule has 0 aliphatic carbocycles. The molecule has 1 aliphatic heterocycles. The van der Waals surface area contributed by atoms with E-state index in [1.807, 2.05) is 84.6 Å². The van der Waals surface area contributed by atoms with Gasteiger partial charge in [0.2, 0.25) is 5.91 Å². The zero-order chi connectivity index (χ0) is 27.4. The second-order valence-corrected chi connectivity index (χ2v) is 10.1. The zero-order valence-corrected chi connectivity index (χ0v) is 23.1. The molecule has 0 spiro atoms. The number of ether oxygens (including phenoxy) is 2. The summed E-state index contributed by atoms with van der Waals surface area (Å²) in [6.45, 7) is 4.81. The average molecular weight is 542 g/mol. The molecule has 0 bridgehead atoms. The lowest BCUT2D eigenvalue weighted by molar-refractivity contribution is -0.118. The van der Waals surface area contributed by atoms with Gasteiger partial charge in [-0.3, -0.25) is 9.78 Å². The third-order valence-electron chi connectivity index (χ3n) is 7.07. The molecule has 0 saturated carbocycles. The third kappa shape index (κ3) is 5.86. The minimum Gasteiger partial charge on any atom is -0.493 e. The number of halogens is 1. The summed E-state index contributed by atoms with van der Waals surface area (Å²) in [5.74, 6) is 1.32. The molecular weight excluding hydrogens is 510 g/mol. The Labute approximate surface area is 234 Å². The predicted octanol–water partition coefficient (Wildman–Crippen LogP) is 7.21. The van der Waals surface area contributed by atoms with Crippen LogP contribution in [0.2, 0.25) is 5.02 Å². The summed E-state index contributed by atoms with van der Waals surface area (Å²) < 4.78 is 11.9. The summed E-state index contributed by atoms with van der Waals surface area (Å²) in [6, 6.07) is 23.3. The number of nitrogens with one attached hydrogen (secondary N) is 1. The Balaban J connectivity index is 1.53. The number of carbonyl (C=O) groups excluding carboxylic acids is 1. The first-order chi connectivity index (χ1) is 19.0. The van der Waals surface area contributed by atoms with Crippen LogP contribution in [0.25, 0.3) is 0 Å². The van der Waals surface area contributed by atoms with Gasteiger partial charge in [-0.1, -0.05) is 30.7 Å². The Morgan fingerprint density at radius 1 is 1.03 bits per heavy atom. The van der Waals surface area contributed by atoms with E-state index < -0.39 is 0 Å². The van der Waals surface area contributed by atoms with Crippen molar-refractivity contribution in [2.45, 2.75) is 45.4 Å². The van der Waals surface area contributed by atoms with E-state index in [1.165, 1.54) is 0 Å². The molecule has 3 aromatic carbocycles. The second kappa shape index (κ2) is 11.8. The SMILES string of the molecule is CC[C@@H](C)Oc1cc2c(cc1OC)CC(=O)N(c1ccc(NCc3ccncc3)cc1)C2c1ccc(Cl)cc1. The molecular formula is C32H32ClN3O3. The van der Waals surface area contributed by atoms with Crippen LogP contribution in [-0.2, 0) is 17.8 Å². The van der Waals surface area contributed by atoms with Crippen molar-refractivity contribution in [2.24, 2.45) is 0 Å². The Morgan fingerprint density at radius 2 is 1.74 bits per heavy atom. The molecule has 1 aliphatic rings. The summed E-state index contributed by atoms with van der Waals surface area (Å²) in [6.07, 6.45) is 4.73. The van der Waals surface area contributed by atoms with E-state index in [4.69, 9.17) is 21.1 Å². The van der Waals surface area contributed by atoms with Crippen LogP contribution in [0.4, 0.5) is 11.4 Å². The lowest BCUT2D eigenvalue weighted by atomic mass is 9.86. The van der Waals surface area contributed by atoms with E-state index in [-0.39, 0.29) is 24.5 Å². The standard InChI is InChI=1S/C32H32ClN3O3/c1-4-21(2)39-30-19-28-24(17-29(30)38-3)18-31(37)36(32(28)23-5-7-25(33)8-6-23)27-11-9-26(10-12-27)35-20-22-13-15-34-16-14-22/h5-17,19,21,32,35H,4,18,20H2,1-3H3/t21-,32?/m1/s1. The fourth-order valence-electron chi connectivity index (χ4n) is 4.82. The van der Waals surface area contributed by atoms with Gasteiger partial charge in [-0.25, -0.2) is 0 Å². The molecule has 6 nitrogen and oxygen atoms in total. The highest BCUT2D eigenvalue weighted by molar-refractivity contribution is 6.30. The number of anilines is 2. The number of benzene rings is 3. The molecule has 1 amide bonds. The molecule has 1 unspecified atom stereocenters. The Hall–Kier alpha value is -4.03. The number of fused-ring (bicyclic) bond motifs is 1. The van der Waals surface area contributed by atoms with Crippen molar-refractivity contribution in [3.8, 4) is 11.5 Å². The van der Waals surface area contributed by atoms with Crippen molar-refractivity contribution in [3.63, 3.8) is 0 Å². The number of aromatic nitrogens is 1. The summed E-state index contributed by atoms with van der Waals surface area (Å²) >= 11 is 6.23. The van der Waals surface area contributed by atoms with Crippen LogP contribution in [0.5, 0.6) is 11.5 Å². The van der Waals surface area contributed by atoms with E-state index in [2.05, 4.69) is 17.2 Å². The average Bonchev–Trinajstić information content (AvgIpc) is 2.96. The highest BCUT2D eigenvalue weighted by Crippen LogP contribution is 2.44. The molecule has 0 fully saturated rings. The monoisotopic (exact) mass is 541 g/mol. The summed E-state index contributed by atoms with van der Waals surface area (Å²) in [5.41, 5.74) is 5.84. The van der Waals surface area contributed by atoms with Crippen molar-refractivity contribution < 1.29 is 14.3 Å². The van der Waals surface area contributed by atoms with E-state index in [0.29, 0.717) is 23.1 Å². The van der Waals surface area contributed by atoms with Gasteiger partial charge >= 0.3 is 0 Å². The minimum absolute atomic E-state index is 0.0117. The molecule has 39 heavy (non-hydrogen) atoms. The number of methoxy groups -OCH3 is 1. The molecule has 5 rings (SSSR count). The summed E-state index contributed by atoms with van der Waals surface area (Å²) in [7, 11) is 1.63. The highest BCUT2D eigenvalue weighted by Gasteiger charge is 2.36. The number of nitrogens with zero attached hydrogens (tertiary/aromatic N) is 2. The van der Waals surface area contributed by atoms with Gasteiger partial charge < -0.3 is 19.7 Å². The topological polar surface area (TPSA) is 63.7 Å². The Bertz CT molecular complexity index is 1430. The Kier molecular flexibility index (Phi) is 8.03. The van der Waals surface area contributed by atoms with Crippen LogP contribution < -0.4 is 19.7 Å². The number of carbonyl (C=O) groups is 1. The number of hydrogen-bond acceptors (Lipinski definition) is 5. The van der Waals surface area contributed by atoms with Crippen molar-refractivity contribution >= 4 is 28.9 Å².